The molecule has 0 aliphatic heterocycles. The van der Waals surface area contributed by atoms with Crippen LogP contribution in [0.4, 0.5) is 11.6 Å². The predicted molar refractivity (Wildman–Crippen MR) is 121 cm³/mol. The molecule has 0 aliphatic rings. The number of rotatable bonds is 7. The van der Waals surface area contributed by atoms with Crippen molar-refractivity contribution in [3.8, 4) is 0 Å². The Balaban J connectivity index is 1.44. The first-order valence-electron chi connectivity index (χ1n) is 10.2. The molecule has 0 aliphatic carbocycles. The average molecular weight is 399 g/mol. The van der Waals surface area contributed by atoms with Crippen LogP contribution in [0.25, 0.3) is 10.9 Å². The van der Waals surface area contributed by atoms with Gasteiger partial charge < -0.3 is 15.2 Å². The molecule has 0 saturated carbocycles. The van der Waals surface area contributed by atoms with Crippen molar-refractivity contribution < 1.29 is 4.79 Å². The van der Waals surface area contributed by atoms with Crippen LogP contribution in [0.1, 0.15) is 28.5 Å². The minimum atomic E-state index is -0.134. The van der Waals surface area contributed by atoms with Crippen molar-refractivity contribution in [2.24, 2.45) is 0 Å². The number of aryl methyl sites for hydroxylation is 1. The van der Waals surface area contributed by atoms with E-state index in [0.717, 1.165) is 23.2 Å². The van der Waals surface area contributed by atoms with Crippen LogP contribution in [0.5, 0.6) is 0 Å². The number of fused-ring (bicyclic) bond motifs is 1. The molecule has 4 rings (SSSR count). The second-order valence-corrected chi connectivity index (χ2v) is 7.19. The lowest BCUT2D eigenvalue weighted by Crippen LogP contribution is -2.31. The Bertz CT molecular complexity index is 1170. The third-order valence-electron chi connectivity index (χ3n) is 5.10. The van der Waals surface area contributed by atoms with Crippen LogP contribution in [0.2, 0.25) is 0 Å². The fourth-order valence-corrected chi connectivity index (χ4v) is 3.59. The van der Waals surface area contributed by atoms with E-state index in [9.17, 15) is 4.79 Å². The molecule has 6 heteroatoms. The van der Waals surface area contributed by atoms with Gasteiger partial charge in [0.05, 0.1) is 0 Å². The van der Waals surface area contributed by atoms with Crippen molar-refractivity contribution in [2.45, 2.75) is 20.3 Å². The Kier molecular flexibility index (Phi) is 5.75. The van der Waals surface area contributed by atoms with Crippen LogP contribution in [0.15, 0.2) is 67.0 Å². The van der Waals surface area contributed by atoms with Crippen LogP contribution in [-0.2, 0) is 6.42 Å². The van der Waals surface area contributed by atoms with E-state index in [4.69, 9.17) is 0 Å². The van der Waals surface area contributed by atoms with Gasteiger partial charge in [0.1, 0.15) is 5.69 Å². The van der Waals surface area contributed by atoms with Crippen LogP contribution in [0, 0.1) is 6.92 Å². The summed E-state index contributed by atoms with van der Waals surface area (Å²) in [5.41, 5.74) is 4.73. The van der Waals surface area contributed by atoms with Crippen molar-refractivity contribution in [3.63, 3.8) is 0 Å². The molecule has 0 spiro atoms. The largest absolute Gasteiger partial charge is 0.361 e. The fourth-order valence-electron chi connectivity index (χ4n) is 3.59. The highest BCUT2D eigenvalue weighted by Gasteiger charge is 2.18. The summed E-state index contributed by atoms with van der Waals surface area (Å²) in [5, 5.41) is 4.46. The van der Waals surface area contributed by atoms with Crippen LogP contribution >= 0.6 is 0 Å². The van der Waals surface area contributed by atoms with Crippen molar-refractivity contribution in [2.75, 3.05) is 23.3 Å². The van der Waals surface area contributed by atoms with Gasteiger partial charge in [-0.3, -0.25) is 4.79 Å². The maximum absolute atomic E-state index is 13.1. The van der Waals surface area contributed by atoms with E-state index in [-0.39, 0.29) is 5.91 Å². The number of amides is 1. The van der Waals surface area contributed by atoms with E-state index < -0.39 is 0 Å². The van der Waals surface area contributed by atoms with E-state index in [1.54, 1.807) is 17.2 Å². The smallest absolute Gasteiger partial charge is 0.277 e. The molecule has 2 heterocycles. The molecule has 0 saturated heterocycles. The van der Waals surface area contributed by atoms with Gasteiger partial charge in [0.15, 0.2) is 0 Å². The van der Waals surface area contributed by atoms with E-state index >= 15 is 0 Å². The van der Waals surface area contributed by atoms with Crippen LogP contribution < -0.4 is 10.2 Å². The number of benzene rings is 2. The third-order valence-corrected chi connectivity index (χ3v) is 5.10. The number of hydrogen-bond donors (Lipinski definition) is 2. The molecule has 30 heavy (non-hydrogen) atoms. The SMILES string of the molecule is CCN(C(=O)c1ccnc(NCCc2c[nH]c3ccccc23)n1)c1cccc(C)c1. The van der Waals surface area contributed by atoms with Gasteiger partial charge in [-0.2, -0.15) is 0 Å². The minimum absolute atomic E-state index is 0.134. The Morgan fingerprint density at radius 3 is 2.83 bits per heavy atom. The van der Waals surface area contributed by atoms with Gasteiger partial charge in [-0.25, -0.2) is 9.97 Å². The molecular weight excluding hydrogens is 374 g/mol. The van der Waals surface area contributed by atoms with E-state index in [0.29, 0.717) is 24.7 Å². The number of hydrogen-bond acceptors (Lipinski definition) is 4. The third kappa shape index (κ3) is 4.17. The second-order valence-electron chi connectivity index (χ2n) is 7.19. The average Bonchev–Trinajstić information content (AvgIpc) is 3.18. The summed E-state index contributed by atoms with van der Waals surface area (Å²) in [5.74, 6) is 0.325. The highest BCUT2D eigenvalue weighted by molar-refractivity contribution is 6.04. The fraction of sp³-hybridized carbons (Fsp3) is 0.208. The normalized spacial score (nSPS) is 10.9. The monoisotopic (exact) mass is 399 g/mol. The molecular formula is C24H25N5O. The van der Waals surface area contributed by atoms with Gasteiger partial charge in [-0.1, -0.05) is 30.3 Å². The molecule has 2 aromatic heterocycles. The molecule has 1 amide bonds. The van der Waals surface area contributed by atoms with Crippen molar-refractivity contribution in [1.82, 2.24) is 15.0 Å². The number of carbonyl (C=O) groups is 1. The first kappa shape index (κ1) is 19.6. The molecule has 0 fully saturated rings. The summed E-state index contributed by atoms with van der Waals surface area (Å²) in [4.78, 5) is 26.8. The topological polar surface area (TPSA) is 73.9 Å². The lowest BCUT2D eigenvalue weighted by Gasteiger charge is -2.21. The summed E-state index contributed by atoms with van der Waals surface area (Å²) in [6.45, 7) is 5.22. The Morgan fingerprint density at radius 2 is 2.00 bits per heavy atom. The molecule has 0 unspecified atom stereocenters. The summed E-state index contributed by atoms with van der Waals surface area (Å²) in [6.07, 6.45) is 4.49. The van der Waals surface area contributed by atoms with Gasteiger partial charge in [0.2, 0.25) is 5.95 Å². The lowest BCUT2D eigenvalue weighted by molar-refractivity contribution is 0.0983. The van der Waals surface area contributed by atoms with E-state index in [1.165, 1.54) is 10.9 Å². The number of para-hydroxylation sites is 1. The van der Waals surface area contributed by atoms with Gasteiger partial charge in [0.25, 0.3) is 5.91 Å². The van der Waals surface area contributed by atoms with Gasteiger partial charge >= 0.3 is 0 Å². The molecule has 6 nitrogen and oxygen atoms in total. The molecule has 0 radical (unpaired) electrons. The zero-order valence-electron chi connectivity index (χ0n) is 17.2. The number of aromatic amines is 1. The quantitative estimate of drug-likeness (QED) is 0.477. The maximum Gasteiger partial charge on any atom is 0.277 e. The summed E-state index contributed by atoms with van der Waals surface area (Å²) < 4.78 is 0. The van der Waals surface area contributed by atoms with Gasteiger partial charge in [0, 0.05) is 42.1 Å². The summed E-state index contributed by atoms with van der Waals surface area (Å²) in [6, 6.07) is 17.8. The van der Waals surface area contributed by atoms with Gasteiger partial charge in [-0.15, -0.1) is 0 Å². The maximum atomic E-state index is 13.1. The molecule has 2 aromatic carbocycles. The first-order valence-corrected chi connectivity index (χ1v) is 10.2. The van der Waals surface area contributed by atoms with Crippen LogP contribution in [-0.4, -0.2) is 33.9 Å². The van der Waals surface area contributed by atoms with E-state index in [2.05, 4.69) is 32.4 Å². The second kappa shape index (κ2) is 8.78. The number of H-pyrrole nitrogens is 1. The zero-order valence-corrected chi connectivity index (χ0v) is 17.2. The number of nitrogens with zero attached hydrogens (tertiary/aromatic N) is 3. The molecule has 4 aromatic rings. The highest BCUT2D eigenvalue weighted by atomic mass is 16.2. The Morgan fingerprint density at radius 1 is 1.13 bits per heavy atom. The number of aromatic nitrogens is 3. The standard InChI is InChI=1S/C24H25N5O/c1-3-29(19-8-6-7-17(2)15-19)23(30)22-12-14-26-24(28-22)25-13-11-18-16-27-21-10-5-4-9-20(18)21/h4-10,12,14-16,27H,3,11,13H2,1-2H3,(H,25,26,28). The highest BCUT2D eigenvalue weighted by Crippen LogP contribution is 2.19. The molecule has 2 N–H and O–H groups in total. The molecule has 152 valence electrons. The molecule has 0 bridgehead atoms. The number of nitrogens with one attached hydrogen (secondary N) is 2. The summed E-state index contributed by atoms with van der Waals surface area (Å²) >= 11 is 0. The zero-order chi connectivity index (χ0) is 20.9. The number of anilines is 2. The molecule has 0 atom stereocenters. The van der Waals surface area contributed by atoms with Crippen molar-refractivity contribution in [3.05, 3.63) is 83.8 Å². The van der Waals surface area contributed by atoms with Crippen LogP contribution in [0.3, 0.4) is 0 Å². The van der Waals surface area contributed by atoms with Crippen molar-refractivity contribution in [1.29, 1.82) is 0 Å². The lowest BCUT2D eigenvalue weighted by atomic mass is 10.1. The summed E-state index contributed by atoms with van der Waals surface area (Å²) in [7, 11) is 0. The Labute approximate surface area is 176 Å². The van der Waals surface area contributed by atoms with E-state index in [1.807, 2.05) is 56.4 Å². The predicted octanol–water partition coefficient (Wildman–Crippen LogP) is 4.59. The first-order chi connectivity index (χ1) is 14.7. The number of carbonyl (C=O) groups excluding carboxylic acids is 1. The minimum Gasteiger partial charge on any atom is -0.361 e. The van der Waals surface area contributed by atoms with Gasteiger partial charge in [-0.05, 0) is 55.7 Å². The Hall–Kier alpha value is -3.67. The van der Waals surface area contributed by atoms with Crippen molar-refractivity contribution >= 4 is 28.4 Å².